The van der Waals surface area contributed by atoms with Crippen molar-refractivity contribution in [3.8, 4) is 11.5 Å². The highest BCUT2D eigenvalue weighted by Crippen LogP contribution is 2.37. The number of benzene rings is 2. The summed E-state index contributed by atoms with van der Waals surface area (Å²) >= 11 is 0. The Morgan fingerprint density at radius 2 is 1.75 bits per heavy atom. The van der Waals surface area contributed by atoms with Crippen LogP contribution in [0, 0.1) is 0 Å². The van der Waals surface area contributed by atoms with Crippen molar-refractivity contribution in [2.45, 2.75) is 12.8 Å². The molecule has 1 heterocycles. The molecule has 0 fully saturated rings. The van der Waals surface area contributed by atoms with E-state index in [2.05, 4.69) is 40.5 Å². The average molecular weight is 318 g/mol. The molecule has 0 N–H and O–H groups in total. The van der Waals surface area contributed by atoms with Crippen LogP contribution in [-0.4, -0.2) is 24.4 Å². The molecule has 4 nitrogen and oxygen atoms in total. The van der Waals surface area contributed by atoms with Gasteiger partial charge in [-0.2, -0.15) is 10.2 Å². The molecule has 1 aromatic heterocycles. The van der Waals surface area contributed by atoms with Gasteiger partial charge in [0, 0.05) is 17.0 Å². The second kappa shape index (κ2) is 5.96. The van der Waals surface area contributed by atoms with Gasteiger partial charge in [0.25, 0.3) is 0 Å². The minimum absolute atomic E-state index is 0.666. The van der Waals surface area contributed by atoms with Crippen molar-refractivity contribution in [1.82, 2.24) is 10.2 Å². The second-order valence-corrected chi connectivity index (χ2v) is 5.85. The fraction of sp³-hybridized carbons (Fsp3) is 0.200. The van der Waals surface area contributed by atoms with Crippen molar-refractivity contribution < 1.29 is 9.47 Å². The van der Waals surface area contributed by atoms with Crippen LogP contribution in [0.25, 0.3) is 22.6 Å². The first-order valence-corrected chi connectivity index (χ1v) is 7.96. The minimum atomic E-state index is 0.666. The number of aromatic nitrogens is 2. The van der Waals surface area contributed by atoms with Gasteiger partial charge in [0.2, 0.25) is 0 Å². The molecule has 0 atom stereocenters. The molecule has 24 heavy (non-hydrogen) atoms. The van der Waals surface area contributed by atoms with E-state index in [9.17, 15) is 0 Å². The molecular weight excluding hydrogens is 300 g/mol. The molecule has 4 rings (SSSR count). The third-order valence-electron chi connectivity index (χ3n) is 4.54. The van der Waals surface area contributed by atoms with E-state index in [1.165, 1.54) is 16.7 Å². The van der Waals surface area contributed by atoms with Crippen molar-refractivity contribution in [1.29, 1.82) is 0 Å². The molecule has 0 saturated heterocycles. The molecule has 4 heteroatoms. The molecule has 0 radical (unpaired) electrons. The lowest BCUT2D eigenvalue weighted by Gasteiger charge is -2.18. The topological polar surface area (TPSA) is 44.2 Å². The van der Waals surface area contributed by atoms with Gasteiger partial charge in [0.1, 0.15) is 0 Å². The zero-order chi connectivity index (χ0) is 16.5. The van der Waals surface area contributed by atoms with Crippen molar-refractivity contribution in [2.24, 2.45) is 0 Å². The molecule has 120 valence electrons. The monoisotopic (exact) mass is 318 g/mol. The Balaban J connectivity index is 1.90. The summed E-state index contributed by atoms with van der Waals surface area (Å²) in [6.45, 7) is 0. The molecule has 0 aliphatic heterocycles. The number of rotatable bonds is 3. The van der Waals surface area contributed by atoms with Gasteiger partial charge in [-0.25, -0.2) is 0 Å². The predicted molar refractivity (Wildman–Crippen MR) is 95.3 cm³/mol. The maximum absolute atomic E-state index is 5.45. The van der Waals surface area contributed by atoms with Gasteiger partial charge in [-0.05, 0) is 35.6 Å². The molecule has 2 aromatic carbocycles. The smallest absolute Gasteiger partial charge is 0.162 e. The van der Waals surface area contributed by atoms with E-state index >= 15 is 0 Å². The van der Waals surface area contributed by atoms with Crippen molar-refractivity contribution in [3.05, 3.63) is 59.3 Å². The summed E-state index contributed by atoms with van der Waals surface area (Å²) in [4.78, 5) is 0. The van der Waals surface area contributed by atoms with Gasteiger partial charge in [0.05, 0.1) is 25.9 Å². The van der Waals surface area contributed by atoms with Gasteiger partial charge in [0.15, 0.2) is 11.5 Å². The van der Waals surface area contributed by atoms with Crippen LogP contribution in [0.2, 0.25) is 0 Å². The number of ether oxygens (including phenoxy) is 2. The van der Waals surface area contributed by atoms with E-state index in [1.807, 2.05) is 18.3 Å². The summed E-state index contributed by atoms with van der Waals surface area (Å²) in [7, 11) is 3.27. The maximum atomic E-state index is 5.45. The van der Waals surface area contributed by atoms with E-state index in [-0.39, 0.29) is 0 Å². The summed E-state index contributed by atoms with van der Waals surface area (Å²) in [5, 5.41) is 9.48. The Morgan fingerprint density at radius 3 is 2.58 bits per heavy atom. The Bertz CT molecular complexity index is 948. The average Bonchev–Trinajstić information content (AvgIpc) is 2.65. The summed E-state index contributed by atoms with van der Waals surface area (Å²) in [5.74, 6) is 1.37. The van der Waals surface area contributed by atoms with E-state index < -0.39 is 0 Å². The summed E-state index contributed by atoms with van der Waals surface area (Å²) in [5.41, 5.74) is 5.87. The van der Waals surface area contributed by atoms with Crippen LogP contribution in [-0.2, 0) is 6.42 Å². The SMILES string of the molecule is COc1cc2nncc(C3=Cc4ccccc4CC3)c2cc1OC. The highest BCUT2D eigenvalue weighted by atomic mass is 16.5. The summed E-state index contributed by atoms with van der Waals surface area (Å²) in [6, 6.07) is 12.4. The first kappa shape index (κ1) is 14.7. The number of aryl methyl sites for hydroxylation is 1. The van der Waals surface area contributed by atoms with E-state index in [0.29, 0.717) is 11.5 Å². The molecular formula is C20H18N2O2. The molecule has 1 aliphatic rings. The minimum Gasteiger partial charge on any atom is -0.493 e. The summed E-state index contributed by atoms with van der Waals surface area (Å²) in [6.07, 6.45) is 6.13. The molecule has 0 spiro atoms. The van der Waals surface area contributed by atoms with Crippen LogP contribution in [0.5, 0.6) is 11.5 Å². The lowest BCUT2D eigenvalue weighted by atomic mass is 9.88. The Kier molecular flexibility index (Phi) is 3.65. The zero-order valence-electron chi connectivity index (χ0n) is 13.7. The zero-order valence-corrected chi connectivity index (χ0v) is 13.7. The number of nitrogens with zero attached hydrogens (tertiary/aromatic N) is 2. The number of hydrogen-bond donors (Lipinski definition) is 0. The third-order valence-corrected chi connectivity index (χ3v) is 4.54. The van der Waals surface area contributed by atoms with Gasteiger partial charge in [-0.15, -0.1) is 0 Å². The van der Waals surface area contributed by atoms with Crippen LogP contribution in [0.4, 0.5) is 0 Å². The molecule has 1 aliphatic carbocycles. The Labute approximate surface area is 140 Å². The second-order valence-electron chi connectivity index (χ2n) is 5.85. The van der Waals surface area contributed by atoms with E-state index in [0.717, 1.165) is 29.3 Å². The van der Waals surface area contributed by atoms with Crippen molar-refractivity contribution >= 4 is 22.6 Å². The molecule has 0 amide bonds. The van der Waals surface area contributed by atoms with Gasteiger partial charge in [-0.1, -0.05) is 30.3 Å². The molecule has 0 unspecified atom stereocenters. The Hall–Kier alpha value is -2.88. The first-order valence-electron chi connectivity index (χ1n) is 7.96. The summed E-state index contributed by atoms with van der Waals surface area (Å²) < 4.78 is 10.8. The first-order chi connectivity index (χ1) is 11.8. The highest BCUT2D eigenvalue weighted by molar-refractivity contribution is 5.97. The largest absolute Gasteiger partial charge is 0.493 e. The number of allylic oxidation sites excluding steroid dienone is 1. The molecule has 0 bridgehead atoms. The maximum Gasteiger partial charge on any atom is 0.162 e. The van der Waals surface area contributed by atoms with Crippen molar-refractivity contribution in [2.75, 3.05) is 14.2 Å². The number of fused-ring (bicyclic) bond motifs is 2. The molecule has 3 aromatic rings. The lowest BCUT2D eigenvalue weighted by molar-refractivity contribution is 0.355. The third kappa shape index (κ3) is 2.40. The normalized spacial score (nSPS) is 13.3. The van der Waals surface area contributed by atoms with Crippen LogP contribution in [0.3, 0.4) is 0 Å². The fourth-order valence-electron chi connectivity index (χ4n) is 3.29. The molecule has 0 saturated carbocycles. The Morgan fingerprint density at radius 1 is 0.958 bits per heavy atom. The van der Waals surface area contributed by atoms with Crippen molar-refractivity contribution in [3.63, 3.8) is 0 Å². The fourth-order valence-corrected chi connectivity index (χ4v) is 3.29. The predicted octanol–water partition coefficient (Wildman–Crippen LogP) is 4.13. The number of methoxy groups -OCH3 is 2. The number of hydrogen-bond acceptors (Lipinski definition) is 4. The van der Waals surface area contributed by atoms with Crippen LogP contribution in [0.1, 0.15) is 23.1 Å². The standard InChI is InChI=1S/C20H18N2O2/c1-23-19-10-16-17(12-21-22-18(16)11-20(19)24-2)15-8-7-13-5-3-4-6-14(13)9-15/h3-6,9-12H,7-8H2,1-2H3. The van der Waals surface area contributed by atoms with Crippen LogP contribution in [0.15, 0.2) is 42.6 Å². The lowest BCUT2D eigenvalue weighted by Crippen LogP contribution is -2.01. The highest BCUT2D eigenvalue weighted by Gasteiger charge is 2.16. The van der Waals surface area contributed by atoms with Crippen LogP contribution >= 0.6 is 0 Å². The van der Waals surface area contributed by atoms with Gasteiger partial charge >= 0.3 is 0 Å². The van der Waals surface area contributed by atoms with Gasteiger partial charge in [-0.3, -0.25) is 0 Å². The van der Waals surface area contributed by atoms with Crippen LogP contribution < -0.4 is 9.47 Å². The van der Waals surface area contributed by atoms with Gasteiger partial charge < -0.3 is 9.47 Å². The quantitative estimate of drug-likeness (QED) is 0.728. The van der Waals surface area contributed by atoms with E-state index in [1.54, 1.807) is 14.2 Å². The van der Waals surface area contributed by atoms with E-state index in [4.69, 9.17) is 9.47 Å².